The monoisotopic (exact) mass is 646 g/mol. The van der Waals surface area contributed by atoms with E-state index in [9.17, 15) is 0 Å². The van der Waals surface area contributed by atoms with Gasteiger partial charge in [0.2, 0.25) is 0 Å². The minimum Gasteiger partial charge on any atom is -0.309 e. The van der Waals surface area contributed by atoms with Crippen LogP contribution in [0.2, 0.25) is 0 Å². The molecule has 0 saturated carbocycles. The molecular weight excluding hydrogens is 617 g/mol. The van der Waals surface area contributed by atoms with Crippen LogP contribution >= 0.6 is 11.3 Å². The fourth-order valence-electron chi connectivity index (χ4n) is 7.73. The summed E-state index contributed by atoms with van der Waals surface area (Å²) in [6.07, 6.45) is 0. The largest absolute Gasteiger partial charge is 0.309 e. The first-order valence-corrected chi connectivity index (χ1v) is 17.4. The third kappa shape index (κ3) is 4.25. The van der Waals surface area contributed by atoms with E-state index in [2.05, 4.69) is 128 Å². The molecule has 4 nitrogen and oxygen atoms in total. The number of nitrogens with zero attached hydrogens (tertiary/aromatic N) is 4. The van der Waals surface area contributed by atoms with Gasteiger partial charge in [-0.25, -0.2) is 15.0 Å². The third-order valence-corrected chi connectivity index (χ3v) is 11.2. The van der Waals surface area contributed by atoms with Crippen molar-refractivity contribution in [3.05, 3.63) is 157 Å². The van der Waals surface area contributed by atoms with Crippen LogP contribution in [0.5, 0.6) is 0 Å². The zero-order valence-electron chi connectivity index (χ0n) is 27.1. The van der Waals surface area contributed by atoms with Crippen molar-refractivity contribution in [3.63, 3.8) is 0 Å². The Morgan fingerprint density at radius 1 is 0.510 bits per heavy atom. The second-order valence-electron chi connectivity index (χ2n) is 13.3. The Kier molecular flexibility index (Phi) is 6.05. The van der Waals surface area contributed by atoms with Crippen molar-refractivity contribution in [2.24, 2.45) is 0 Å². The van der Waals surface area contributed by atoms with E-state index in [0.717, 1.165) is 16.7 Å². The first-order chi connectivity index (χ1) is 24.0. The molecule has 1 aliphatic carbocycles. The molecule has 9 aromatic rings. The van der Waals surface area contributed by atoms with Crippen LogP contribution in [0.15, 0.2) is 146 Å². The van der Waals surface area contributed by atoms with Gasteiger partial charge in [0.1, 0.15) is 0 Å². The highest BCUT2D eigenvalue weighted by molar-refractivity contribution is 7.25. The van der Waals surface area contributed by atoms with Gasteiger partial charge in [-0.05, 0) is 47.5 Å². The lowest BCUT2D eigenvalue weighted by molar-refractivity contribution is 0.666. The molecule has 5 heteroatoms. The van der Waals surface area contributed by atoms with Crippen molar-refractivity contribution >= 4 is 42.4 Å². The number of benzene rings is 6. The van der Waals surface area contributed by atoms with Gasteiger partial charge < -0.3 is 4.57 Å². The Labute approximate surface area is 288 Å². The minimum atomic E-state index is -0.248. The SMILES string of the molecule is CC1(C)c2cc(-c3nc(-c4ccccc4)nc(-c4ccccc4)n3)ccc2-c2c1c1ccccc1n2-c1ccc2sc3ccccc3c2c1. The van der Waals surface area contributed by atoms with Crippen molar-refractivity contribution in [1.82, 2.24) is 19.5 Å². The van der Waals surface area contributed by atoms with Gasteiger partial charge in [-0.15, -0.1) is 11.3 Å². The zero-order chi connectivity index (χ0) is 32.7. The maximum Gasteiger partial charge on any atom is 0.164 e. The quantitative estimate of drug-likeness (QED) is 0.191. The van der Waals surface area contributed by atoms with Gasteiger partial charge in [0, 0.05) is 58.9 Å². The van der Waals surface area contributed by atoms with E-state index >= 15 is 0 Å². The van der Waals surface area contributed by atoms with E-state index in [-0.39, 0.29) is 5.41 Å². The van der Waals surface area contributed by atoms with Crippen LogP contribution < -0.4 is 0 Å². The molecule has 0 saturated heterocycles. The van der Waals surface area contributed by atoms with Crippen molar-refractivity contribution < 1.29 is 0 Å². The third-order valence-electron chi connectivity index (χ3n) is 10.0. The number of thiophene rings is 1. The predicted molar refractivity (Wildman–Crippen MR) is 203 cm³/mol. The summed E-state index contributed by atoms with van der Waals surface area (Å²) in [6, 6.07) is 51.6. The van der Waals surface area contributed by atoms with E-state index in [1.165, 1.54) is 59.1 Å². The fourth-order valence-corrected chi connectivity index (χ4v) is 8.81. The lowest BCUT2D eigenvalue weighted by Crippen LogP contribution is -2.15. The maximum atomic E-state index is 5.05. The second kappa shape index (κ2) is 10.5. The first kappa shape index (κ1) is 28.1. The fraction of sp³-hybridized carbons (Fsp3) is 0.0682. The van der Waals surface area contributed by atoms with Crippen LogP contribution in [0, 0.1) is 0 Å². The predicted octanol–water partition coefficient (Wildman–Crippen LogP) is 11.5. The molecule has 0 aliphatic heterocycles. The van der Waals surface area contributed by atoms with Crippen LogP contribution in [-0.2, 0) is 5.41 Å². The van der Waals surface area contributed by atoms with Crippen molar-refractivity contribution in [3.8, 4) is 51.1 Å². The van der Waals surface area contributed by atoms with Crippen molar-refractivity contribution in [1.29, 1.82) is 0 Å². The van der Waals surface area contributed by atoms with Gasteiger partial charge in [-0.2, -0.15) is 0 Å². The zero-order valence-corrected chi connectivity index (χ0v) is 27.9. The van der Waals surface area contributed by atoms with Crippen molar-refractivity contribution in [2.45, 2.75) is 19.3 Å². The lowest BCUT2D eigenvalue weighted by Gasteiger charge is -2.22. The van der Waals surface area contributed by atoms with Gasteiger partial charge in [0.05, 0.1) is 11.2 Å². The average Bonchev–Trinajstić information content (AvgIpc) is 3.78. The summed E-state index contributed by atoms with van der Waals surface area (Å²) in [5.74, 6) is 2.01. The van der Waals surface area contributed by atoms with E-state index in [0.29, 0.717) is 17.5 Å². The summed E-state index contributed by atoms with van der Waals surface area (Å²) >= 11 is 1.86. The molecule has 0 radical (unpaired) electrons. The normalized spacial score (nSPS) is 13.3. The average molecular weight is 647 g/mol. The number of hydrogen-bond acceptors (Lipinski definition) is 4. The molecule has 0 spiro atoms. The molecule has 1 aliphatic rings. The topological polar surface area (TPSA) is 43.6 Å². The first-order valence-electron chi connectivity index (χ1n) is 16.6. The summed E-state index contributed by atoms with van der Waals surface area (Å²) in [7, 11) is 0. The molecule has 0 atom stereocenters. The van der Waals surface area contributed by atoms with Crippen LogP contribution in [-0.4, -0.2) is 19.5 Å². The van der Waals surface area contributed by atoms with Gasteiger partial charge in [-0.3, -0.25) is 0 Å². The Morgan fingerprint density at radius 2 is 1.10 bits per heavy atom. The van der Waals surface area contributed by atoms with Crippen LogP contribution in [0.3, 0.4) is 0 Å². The summed E-state index contributed by atoms with van der Waals surface area (Å²) in [5, 5.41) is 3.90. The Hall–Kier alpha value is -5.91. The van der Waals surface area contributed by atoms with E-state index in [1.54, 1.807) is 0 Å². The molecule has 0 bridgehead atoms. The highest BCUT2D eigenvalue weighted by Gasteiger charge is 2.41. The molecule has 10 rings (SSSR count). The second-order valence-corrected chi connectivity index (χ2v) is 14.4. The number of fused-ring (bicyclic) bond motifs is 8. The van der Waals surface area contributed by atoms with Gasteiger partial charge in [0.25, 0.3) is 0 Å². The minimum absolute atomic E-state index is 0.248. The summed E-state index contributed by atoms with van der Waals surface area (Å²) in [4.78, 5) is 15.0. The summed E-state index contributed by atoms with van der Waals surface area (Å²) in [6.45, 7) is 4.71. The Bertz CT molecular complexity index is 2680. The Balaban J connectivity index is 1.18. The van der Waals surface area contributed by atoms with E-state index in [4.69, 9.17) is 15.0 Å². The summed E-state index contributed by atoms with van der Waals surface area (Å²) in [5.41, 5.74) is 10.2. The number of para-hydroxylation sites is 1. The highest BCUT2D eigenvalue weighted by Crippen LogP contribution is 2.54. The molecule has 6 aromatic carbocycles. The molecule has 0 fully saturated rings. The molecular formula is C44H30N4S. The highest BCUT2D eigenvalue weighted by atomic mass is 32.1. The molecule has 3 aromatic heterocycles. The standard InChI is InChI=1S/C44H30N4S/c1-44(2)35-25-29(43-46-41(27-13-5-3-6-14-27)45-42(47-43)28-15-7-4-8-16-28)21-23-32(35)40-39(44)33-18-9-11-19-36(33)48(40)30-22-24-38-34(26-30)31-17-10-12-20-37(31)49-38/h3-26H,1-2H3. The molecule has 0 amide bonds. The molecule has 3 heterocycles. The Morgan fingerprint density at radius 3 is 1.82 bits per heavy atom. The van der Waals surface area contributed by atoms with Gasteiger partial charge in [-0.1, -0.05) is 123 Å². The summed E-state index contributed by atoms with van der Waals surface area (Å²) < 4.78 is 5.11. The number of hydrogen-bond donors (Lipinski definition) is 0. The van der Waals surface area contributed by atoms with Gasteiger partial charge >= 0.3 is 0 Å². The number of rotatable bonds is 4. The molecule has 0 N–H and O–H groups in total. The molecule has 49 heavy (non-hydrogen) atoms. The molecule has 232 valence electrons. The van der Waals surface area contributed by atoms with Crippen LogP contribution in [0.1, 0.15) is 25.0 Å². The van der Waals surface area contributed by atoms with Crippen LogP contribution in [0.4, 0.5) is 0 Å². The van der Waals surface area contributed by atoms with Gasteiger partial charge in [0.15, 0.2) is 17.5 Å². The maximum absolute atomic E-state index is 5.05. The molecule has 0 unspecified atom stereocenters. The van der Waals surface area contributed by atoms with Crippen LogP contribution in [0.25, 0.3) is 82.2 Å². The van der Waals surface area contributed by atoms with E-state index < -0.39 is 0 Å². The lowest BCUT2D eigenvalue weighted by atomic mass is 9.81. The number of aromatic nitrogens is 4. The van der Waals surface area contributed by atoms with E-state index in [1.807, 2.05) is 47.7 Å². The smallest absolute Gasteiger partial charge is 0.164 e. The van der Waals surface area contributed by atoms with Crippen molar-refractivity contribution in [2.75, 3.05) is 0 Å².